The Morgan fingerprint density at radius 3 is 2.10 bits per heavy atom. The molecule has 0 radical (unpaired) electrons. The van der Waals surface area contributed by atoms with Crippen LogP contribution in [0.4, 0.5) is 4.39 Å². The zero-order chi connectivity index (χ0) is 28.3. The quantitative estimate of drug-likeness (QED) is 0.292. The van der Waals surface area contributed by atoms with Gasteiger partial charge in [-0.1, -0.05) is 54.6 Å². The van der Waals surface area contributed by atoms with Gasteiger partial charge in [0.25, 0.3) is 0 Å². The second kappa shape index (κ2) is 11.7. The van der Waals surface area contributed by atoms with Gasteiger partial charge in [0, 0.05) is 53.4 Å². The van der Waals surface area contributed by atoms with Crippen LogP contribution in [-0.2, 0) is 22.7 Å². The highest BCUT2D eigenvalue weighted by atomic mass is 19.1. The van der Waals surface area contributed by atoms with E-state index in [1.165, 1.54) is 6.07 Å². The van der Waals surface area contributed by atoms with Crippen molar-refractivity contribution in [2.45, 2.75) is 64.5 Å². The number of carbonyl (C=O) groups excluding carboxylic acids is 2. The van der Waals surface area contributed by atoms with Gasteiger partial charge in [0.1, 0.15) is 12.4 Å². The lowest BCUT2D eigenvalue weighted by Gasteiger charge is -2.44. The van der Waals surface area contributed by atoms with Crippen LogP contribution >= 0.6 is 0 Å². The monoisotopic (exact) mass is 551 g/mol. The fraction of sp³-hybridized carbons (Fsp3) is 0.314. The number of benzene rings is 3. The van der Waals surface area contributed by atoms with Gasteiger partial charge in [-0.2, -0.15) is 0 Å². The maximum absolute atomic E-state index is 14.2. The predicted octanol–water partition coefficient (Wildman–Crippen LogP) is 7.42. The predicted molar refractivity (Wildman–Crippen MR) is 155 cm³/mol. The van der Waals surface area contributed by atoms with Crippen LogP contribution in [-0.4, -0.2) is 23.1 Å². The molecular weight excluding hydrogens is 517 g/mol. The first kappa shape index (κ1) is 27.0. The fourth-order valence-corrected chi connectivity index (χ4v) is 6.37. The number of hydrogen-bond acceptors (Lipinski definition) is 5. The summed E-state index contributed by atoms with van der Waals surface area (Å²) >= 11 is 0. The molecule has 5 nitrogen and oxygen atoms in total. The van der Waals surface area contributed by atoms with Crippen LogP contribution in [0.2, 0.25) is 0 Å². The van der Waals surface area contributed by atoms with Gasteiger partial charge < -0.3 is 14.4 Å². The van der Waals surface area contributed by atoms with E-state index in [2.05, 4.69) is 17.0 Å². The molecule has 0 N–H and O–H groups in total. The van der Waals surface area contributed by atoms with Crippen LogP contribution in [0.25, 0.3) is 0 Å². The molecule has 0 spiro atoms. The van der Waals surface area contributed by atoms with Crippen molar-refractivity contribution in [3.63, 3.8) is 0 Å². The standard InChI is InChI=1S/C35H34FNO4/c1-2-40-32-20-24(18-19-31(32)41-22-25-12-6-7-13-26(25)36)33-34-27(14-8-16-29(34)38)37(21-23-10-4-3-5-11-23)28-15-9-17-30(39)35(28)33/h3-7,10-13,18-20,33H,2,8-9,14-17,21-22H2,1H3. The largest absolute Gasteiger partial charge is 0.490 e. The number of ether oxygens (including phenoxy) is 2. The normalized spacial score (nSPS) is 17.5. The Bertz CT molecular complexity index is 1500. The second-order valence-electron chi connectivity index (χ2n) is 10.8. The Balaban J connectivity index is 1.43. The van der Waals surface area contributed by atoms with Crippen molar-refractivity contribution in [1.29, 1.82) is 0 Å². The van der Waals surface area contributed by atoms with Crippen LogP contribution in [0.5, 0.6) is 11.5 Å². The van der Waals surface area contributed by atoms with Crippen molar-refractivity contribution >= 4 is 11.6 Å². The molecule has 210 valence electrons. The maximum atomic E-state index is 14.2. The van der Waals surface area contributed by atoms with Gasteiger partial charge in [-0.05, 0) is 61.9 Å². The average molecular weight is 552 g/mol. The number of hydrogen-bond donors (Lipinski definition) is 0. The van der Waals surface area contributed by atoms with Gasteiger partial charge >= 0.3 is 0 Å². The van der Waals surface area contributed by atoms with E-state index in [0.717, 1.165) is 59.4 Å². The molecule has 3 aromatic rings. The van der Waals surface area contributed by atoms with Crippen LogP contribution in [0, 0.1) is 5.82 Å². The van der Waals surface area contributed by atoms with E-state index in [1.807, 2.05) is 43.3 Å². The van der Waals surface area contributed by atoms with Crippen LogP contribution in [0.3, 0.4) is 0 Å². The molecule has 0 aromatic heterocycles. The van der Waals surface area contributed by atoms with E-state index < -0.39 is 5.92 Å². The lowest BCUT2D eigenvalue weighted by molar-refractivity contribution is -0.117. The van der Waals surface area contributed by atoms with Gasteiger partial charge in [0.2, 0.25) is 0 Å². The van der Waals surface area contributed by atoms with Gasteiger partial charge in [0.05, 0.1) is 6.61 Å². The Kier molecular flexibility index (Phi) is 7.73. The van der Waals surface area contributed by atoms with E-state index in [4.69, 9.17) is 9.47 Å². The van der Waals surface area contributed by atoms with Crippen molar-refractivity contribution in [3.8, 4) is 11.5 Å². The molecule has 0 saturated heterocycles. The first-order valence-corrected chi connectivity index (χ1v) is 14.5. The van der Waals surface area contributed by atoms with E-state index in [0.29, 0.717) is 43.1 Å². The number of ketones is 2. The molecule has 2 aliphatic carbocycles. The van der Waals surface area contributed by atoms with Gasteiger partial charge in [-0.3, -0.25) is 9.59 Å². The summed E-state index contributed by atoms with van der Waals surface area (Å²) < 4.78 is 26.2. The number of rotatable bonds is 8. The minimum absolute atomic E-state index is 0.0611. The van der Waals surface area contributed by atoms with E-state index in [1.54, 1.807) is 18.2 Å². The number of allylic oxidation sites excluding steroid dienone is 4. The van der Waals surface area contributed by atoms with Crippen molar-refractivity contribution < 1.29 is 23.5 Å². The first-order valence-electron chi connectivity index (χ1n) is 14.5. The minimum atomic E-state index is -0.438. The van der Waals surface area contributed by atoms with Crippen molar-refractivity contribution in [1.82, 2.24) is 4.90 Å². The van der Waals surface area contributed by atoms with Crippen LogP contribution < -0.4 is 9.47 Å². The third-order valence-corrected chi connectivity index (χ3v) is 8.21. The van der Waals surface area contributed by atoms with E-state index in [-0.39, 0.29) is 24.0 Å². The third kappa shape index (κ3) is 5.31. The topological polar surface area (TPSA) is 55.8 Å². The Morgan fingerprint density at radius 2 is 1.44 bits per heavy atom. The van der Waals surface area contributed by atoms with E-state index >= 15 is 0 Å². The van der Waals surface area contributed by atoms with Gasteiger partial charge in [0.15, 0.2) is 23.1 Å². The highest BCUT2D eigenvalue weighted by Gasteiger charge is 2.43. The van der Waals surface area contributed by atoms with Crippen molar-refractivity contribution in [2.24, 2.45) is 0 Å². The molecule has 1 aliphatic heterocycles. The molecule has 0 bridgehead atoms. The fourth-order valence-electron chi connectivity index (χ4n) is 6.37. The molecule has 0 amide bonds. The van der Waals surface area contributed by atoms with Crippen molar-refractivity contribution in [2.75, 3.05) is 6.61 Å². The van der Waals surface area contributed by atoms with Gasteiger partial charge in [-0.25, -0.2) is 4.39 Å². The molecule has 3 aliphatic rings. The van der Waals surface area contributed by atoms with Crippen LogP contribution in [0.1, 0.15) is 68.1 Å². The summed E-state index contributed by atoms with van der Waals surface area (Å²) in [7, 11) is 0. The first-order chi connectivity index (χ1) is 20.0. The summed E-state index contributed by atoms with van der Waals surface area (Å²) in [6.07, 6.45) is 4.18. The third-order valence-electron chi connectivity index (χ3n) is 8.21. The summed E-state index contributed by atoms with van der Waals surface area (Å²) in [5.41, 5.74) is 6.01. The number of carbonyl (C=O) groups is 2. The lowest BCUT2D eigenvalue weighted by Crippen LogP contribution is -2.38. The van der Waals surface area contributed by atoms with Gasteiger partial charge in [-0.15, -0.1) is 0 Å². The summed E-state index contributed by atoms with van der Waals surface area (Å²) in [5, 5.41) is 0. The molecule has 3 aromatic carbocycles. The Labute approximate surface area is 240 Å². The molecule has 0 fully saturated rings. The maximum Gasteiger partial charge on any atom is 0.161 e. The van der Waals surface area contributed by atoms with Crippen LogP contribution in [0.15, 0.2) is 95.3 Å². The molecule has 6 heteroatoms. The molecular formula is C35H34FNO4. The number of Topliss-reactive ketones (excluding diaryl/α,β-unsaturated/α-hetero) is 2. The Hall–Kier alpha value is -4.19. The number of nitrogens with zero attached hydrogens (tertiary/aromatic N) is 1. The molecule has 0 unspecified atom stereocenters. The smallest absolute Gasteiger partial charge is 0.161 e. The Morgan fingerprint density at radius 1 is 0.780 bits per heavy atom. The lowest BCUT2D eigenvalue weighted by atomic mass is 9.71. The summed E-state index contributed by atoms with van der Waals surface area (Å²) in [4.78, 5) is 29.6. The van der Waals surface area contributed by atoms with E-state index in [9.17, 15) is 14.0 Å². The summed E-state index contributed by atoms with van der Waals surface area (Å²) in [6, 6.07) is 22.4. The zero-order valence-corrected chi connectivity index (χ0v) is 23.3. The summed E-state index contributed by atoms with van der Waals surface area (Å²) in [6.45, 7) is 3.01. The molecule has 6 rings (SSSR count). The molecule has 1 heterocycles. The average Bonchev–Trinajstić information content (AvgIpc) is 2.98. The SMILES string of the molecule is CCOc1cc(C2C3=C(CCCC3=O)N(Cc3ccccc3)C3=C2C(=O)CCC3)ccc1OCc1ccccc1F. The second-order valence-corrected chi connectivity index (χ2v) is 10.8. The molecule has 0 atom stereocenters. The summed E-state index contributed by atoms with van der Waals surface area (Å²) in [5.74, 6) is 0.467. The highest BCUT2D eigenvalue weighted by Crippen LogP contribution is 2.50. The van der Waals surface area contributed by atoms with Crippen molar-refractivity contribution in [3.05, 3.63) is 118 Å². The molecule has 41 heavy (non-hydrogen) atoms. The highest BCUT2D eigenvalue weighted by molar-refractivity contribution is 6.06. The minimum Gasteiger partial charge on any atom is -0.490 e. The molecule has 0 saturated carbocycles. The zero-order valence-electron chi connectivity index (χ0n) is 23.3. The number of halogens is 1.